The van der Waals surface area contributed by atoms with Crippen LogP contribution in [0.2, 0.25) is 0 Å². The van der Waals surface area contributed by atoms with Gasteiger partial charge in [0.2, 0.25) is 5.91 Å². The zero-order valence-electron chi connectivity index (χ0n) is 17.2. The lowest BCUT2D eigenvalue weighted by Gasteiger charge is -2.12. The number of hydrogen-bond donors (Lipinski definition) is 2. The highest BCUT2D eigenvalue weighted by Crippen LogP contribution is 2.21. The molecule has 32 heavy (non-hydrogen) atoms. The molecule has 2 heterocycles. The number of amides is 2. The minimum absolute atomic E-state index is 0.0527. The first-order valence-corrected chi connectivity index (χ1v) is 11.7. The number of benzene rings is 2. The summed E-state index contributed by atoms with van der Waals surface area (Å²) in [4.78, 5) is 42.8. The molecule has 162 valence electrons. The van der Waals surface area contributed by atoms with Crippen molar-refractivity contribution < 1.29 is 9.59 Å². The van der Waals surface area contributed by atoms with Gasteiger partial charge in [0, 0.05) is 13.6 Å². The van der Waals surface area contributed by atoms with Gasteiger partial charge in [-0.05, 0) is 29.1 Å². The fourth-order valence-electron chi connectivity index (χ4n) is 3.09. The maximum atomic E-state index is 12.7. The third-order valence-corrected chi connectivity index (χ3v) is 6.57. The van der Waals surface area contributed by atoms with E-state index in [1.54, 1.807) is 37.4 Å². The Balaban J connectivity index is 1.41. The maximum Gasteiger partial charge on any atom is 0.262 e. The van der Waals surface area contributed by atoms with Crippen LogP contribution in [0, 0.1) is 0 Å². The lowest BCUT2D eigenvalue weighted by atomic mass is 10.1. The third kappa shape index (κ3) is 4.90. The van der Waals surface area contributed by atoms with E-state index >= 15 is 0 Å². The van der Waals surface area contributed by atoms with Crippen LogP contribution < -0.4 is 16.2 Å². The van der Waals surface area contributed by atoms with Gasteiger partial charge in [0.05, 0.1) is 22.4 Å². The topological polar surface area (TPSA) is 93.1 Å². The summed E-state index contributed by atoms with van der Waals surface area (Å²) in [5.41, 5.74) is 1.66. The van der Waals surface area contributed by atoms with Crippen LogP contribution in [0.5, 0.6) is 0 Å². The molecule has 0 atom stereocenters. The number of carbonyl (C=O) groups excluding carboxylic acids is 2. The van der Waals surface area contributed by atoms with Crippen LogP contribution in [0.1, 0.15) is 15.9 Å². The zero-order chi connectivity index (χ0) is 22.5. The van der Waals surface area contributed by atoms with Gasteiger partial charge >= 0.3 is 0 Å². The van der Waals surface area contributed by atoms with E-state index in [2.05, 4.69) is 15.6 Å². The molecule has 4 aromatic rings. The van der Waals surface area contributed by atoms with Crippen molar-refractivity contribution in [2.45, 2.75) is 11.7 Å². The number of hydrogen-bond acceptors (Lipinski definition) is 6. The van der Waals surface area contributed by atoms with Crippen molar-refractivity contribution in [3.8, 4) is 0 Å². The third-order valence-electron chi connectivity index (χ3n) is 4.74. The van der Waals surface area contributed by atoms with Crippen molar-refractivity contribution in [1.29, 1.82) is 0 Å². The number of nitrogens with zero attached hydrogens (tertiary/aromatic N) is 2. The highest BCUT2D eigenvalue weighted by atomic mass is 32.2. The zero-order valence-corrected chi connectivity index (χ0v) is 18.8. The molecule has 0 aliphatic carbocycles. The summed E-state index contributed by atoms with van der Waals surface area (Å²) < 4.78 is 1.44. The number of thioether (sulfide) groups is 1. The number of para-hydroxylation sites is 1. The van der Waals surface area contributed by atoms with E-state index in [1.807, 2.05) is 35.7 Å². The van der Waals surface area contributed by atoms with Crippen LogP contribution in [0.15, 0.2) is 76.0 Å². The molecule has 4 rings (SSSR count). The predicted octanol–water partition coefficient (Wildman–Crippen LogP) is 3.66. The molecule has 0 aliphatic rings. The number of aromatic nitrogens is 2. The fourth-order valence-corrected chi connectivity index (χ4v) is 4.67. The molecular weight excluding hydrogens is 444 g/mol. The lowest BCUT2D eigenvalue weighted by Crippen LogP contribution is -2.25. The van der Waals surface area contributed by atoms with E-state index in [0.29, 0.717) is 33.2 Å². The molecule has 2 amide bonds. The standard InChI is InChI=1S/C23H20N4O3S2/c1-27-22(30)17-11-12-31-21(17)26-23(27)32-14-19(28)25-18-10-6-5-9-16(18)20(29)24-13-15-7-3-2-4-8-15/h2-12H,13-14H2,1H3,(H,24,29)(H,25,28). The minimum atomic E-state index is -0.293. The summed E-state index contributed by atoms with van der Waals surface area (Å²) in [6, 6.07) is 18.2. The molecule has 0 aliphatic heterocycles. The molecule has 2 aromatic heterocycles. The van der Waals surface area contributed by atoms with Crippen LogP contribution in [0.4, 0.5) is 5.69 Å². The van der Waals surface area contributed by atoms with E-state index < -0.39 is 0 Å². The highest BCUT2D eigenvalue weighted by molar-refractivity contribution is 7.99. The largest absolute Gasteiger partial charge is 0.348 e. The summed E-state index contributed by atoms with van der Waals surface area (Å²) in [6.45, 7) is 0.392. The van der Waals surface area contributed by atoms with Gasteiger partial charge in [0.15, 0.2) is 5.16 Å². The first-order valence-electron chi connectivity index (χ1n) is 9.81. The van der Waals surface area contributed by atoms with Crippen molar-refractivity contribution >= 4 is 50.8 Å². The molecule has 9 heteroatoms. The van der Waals surface area contributed by atoms with Crippen molar-refractivity contribution in [3.63, 3.8) is 0 Å². The molecule has 0 saturated heterocycles. The first kappa shape index (κ1) is 21.8. The van der Waals surface area contributed by atoms with Gasteiger partial charge in [0.25, 0.3) is 11.5 Å². The molecule has 0 spiro atoms. The normalized spacial score (nSPS) is 10.8. The summed E-state index contributed by atoms with van der Waals surface area (Å²) >= 11 is 2.56. The van der Waals surface area contributed by atoms with E-state index in [0.717, 1.165) is 5.56 Å². The molecular formula is C23H20N4O3S2. The van der Waals surface area contributed by atoms with Crippen molar-refractivity contribution in [3.05, 3.63) is 87.5 Å². The molecule has 0 radical (unpaired) electrons. The molecule has 0 bridgehead atoms. The van der Waals surface area contributed by atoms with Gasteiger partial charge in [-0.15, -0.1) is 11.3 Å². The van der Waals surface area contributed by atoms with Crippen LogP contribution in [-0.4, -0.2) is 27.1 Å². The fraction of sp³-hybridized carbons (Fsp3) is 0.130. The van der Waals surface area contributed by atoms with Crippen molar-refractivity contribution in [2.24, 2.45) is 7.05 Å². The summed E-state index contributed by atoms with van der Waals surface area (Å²) in [5.74, 6) is -0.514. The predicted molar refractivity (Wildman–Crippen MR) is 128 cm³/mol. The van der Waals surface area contributed by atoms with Crippen LogP contribution in [0.3, 0.4) is 0 Å². The van der Waals surface area contributed by atoms with Gasteiger partial charge < -0.3 is 10.6 Å². The lowest BCUT2D eigenvalue weighted by molar-refractivity contribution is -0.113. The molecule has 0 unspecified atom stereocenters. The Hall–Kier alpha value is -3.43. The quantitative estimate of drug-likeness (QED) is 0.322. The maximum absolute atomic E-state index is 12.7. The Bertz CT molecular complexity index is 1330. The Morgan fingerprint density at radius 1 is 1.06 bits per heavy atom. The average molecular weight is 465 g/mol. The number of nitrogens with one attached hydrogen (secondary N) is 2. The van der Waals surface area contributed by atoms with Gasteiger partial charge in [-0.25, -0.2) is 4.98 Å². The molecule has 0 saturated carbocycles. The monoisotopic (exact) mass is 464 g/mol. The van der Waals surface area contributed by atoms with Crippen molar-refractivity contribution in [2.75, 3.05) is 11.1 Å². The van der Waals surface area contributed by atoms with Crippen LogP contribution >= 0.6 is 23.1 Å². The Morgan fingerprint density at radius 3 is 2.62 bits per heavy atom. The van der Waals surface area contributed by atoms with Crippen LogP contribution in [-0.2, 0) is 18.4 Å². The van der Waals surface area contributed by atoms with Gasteiger partial charge in [0.1, 0.15) is 4.83 Å². The smallest absolute Gasteiger partial charge is 0.262 e. The number of rotatable bonds is 7. The average Bonchev–Trinajstić information content (AvgIpc) is 3.29. The second-order valence-corrected chi connectivity index (χ2v) is 8.79. The number of fused-ring (bicyclic) bond motifs is 1. The molecule has 0 fully saturated rings. The van der Waals surface area contributed by atoms with E-state index in [-0.39, 0.29) is 23.1 Å². The molecule has 2 N–H and O–H groups in total. The second kappa shape index (κ2) is 9.80. The van der Waals surface area contributed by atoms with Gasteiger partial charge in [-0.2, -0.15) is 0 Å². The summed E-state index contributed by atoms with van der Waals surface area (Å²) in [5, 5.41) is 8.52. The Labute approximate surface area is 192 Å². The molecule has 7 nitrogen and oxygen atoms in total. The highest BCUT2D eigenvalue weighted by Gasteiger charge is 2.15. The first-order chi connectivity index (χ1) is 15.5. The van der Waals surface area contributed by atoms with Crippen LogP contribution in [0.25, 0.3) is 10.2 Å². The van der Waals surface area contributed by atoms with Crippen molar-refractivity contribution in [1.82, 2.24) is 14.9 Å². The van der Waals surface area contributed by atoms with E-state index in [4.69, 9.17) is 0 Å². The summed E-state index contributed by atoms with van der Waals surface area (Å²) in [7, 11) is 1.64. The number of thiophene rings is 1. The number of anilines is 1. The SMILES string of the molecule is Cn1c(SCC(=O)Nc2ccccc2C(=O)NCc2ccccc2)nc2sccc2c1=O. The second-order valence-electron chi connectivity index (χ2n) is 6.95. The Kier molecular flexibility index (Phi) is 6.67. The molecule has 2 aromatic carbocycles. The van der Waals surface area contributed by atoms with Gasteiger partial charge in [-0.1, -0.05) is 54.2 Å². The van der Waals surface area contributed by atoms with E-state index in [1.165, 1.54) is 27.7 Å². The van der Waals surface area contributed by atoms with Gasteiger partial charge in [-0.3, -0.25) is 19.0 Å². The Morgan fingerprint density at radius 2 is 1.81 bits per heavy atom. The van der Waals surface area contributed by atoms with E-state index in [9.17, 15) is 14.4 Å². The minimum Gasteiger partial charge on any atom is -0.348 e. The summed E-state index contributed by atoms with van der Waals surface area (Å²) in [6.07, 6.45) is 0. The number of carbonyl (C=O) groups is 2.